The van der Waals surface area contributed by atoms with Crippen LogP contribution in [0.25, 0.3) is 5.78 Å². The minimum atomic E-state index is 0.0812. The molecule has 3 aromatic heterocycles. The average Bonchev–Trinajstić information content (AvgIpc) is 3.21. The van der Waals surface area contributed by atoms with E-state index < -0.39 is 0 Å². The number of fused-ring (bicyclic) bond motifs is 1. The zero-order chi connectivity index (χ0) is 18.3. The molecule has 26 heavy (non-hydrogen) atoms. The first-order valence-corrected chi connectivity index (χ1v) is 8.99. The van der Waals surface area contributed by atoms with E-state index in [2.05, 4.69) is 25.3 Å². The fraction of sp³-hybridized carbons (Fsp3) is 0.500. The van der Waals surface area contributed by atoms with Gasteiger partial charge in [0.15, 0.2) is 5.82 Å². The first-order chi connectivity index (χ1) is 12.5. The molecule has 0 aromatic carbocycles. The summed E-state index contributed by atoms with van der Waals surface area (Å²) < 4.78 is 1.70. The van der Waals surface area contributed by atoms with Crippen molar-refractivity contribution in [3.63, 3.8) is 0 Å². The number of aromatic nitrogens is 6. The van der Waals surface area contributed by atoms with Gasteiger partial charge in [-0.1, -0.05) is 0 Å². The topological polar surface area (TPSA) is 92.1 Å². The van der Waals surface area contributed by atoms with Gasteiger partial charge in [-0.2, -0.15) is 10.1 Å². The summed E-state index contributed by atoms with van der Waals surface area (Å²) in [6.07, 6.45) is 4.06. The predicted octanol–water partition coefficient (Wildman–Crippen LogP) is 1.72. The molecular formula is C18H23N7O. The molecule has 3 aromatic rings. The third-order valence-electron chi connectivity index (χ3n) is 5.13. The normalized spacial score (nSPS) is 15.7. The molecule has 1 fully saturated rings. The second kappa shape index (κ2) is 6.51. The highest BCUT2D eigenvalue weighted by Gasteiger charge is 2.26. The molecule has 1 saturated heterocycles. The highest BCUT2D eigenvalue weighted by molar-refractivity contribution is 5.78. The second-order valence-corrected chi connectivity index (χ2v) is 7.06. The van der Waals surface area contributed by atoms with Gasteiger partial charge in [0.05, 0.1) is 12.6 Å². The Balaban J connectivity index is 1.41. The van der Waals surface area contributed by atoms with Crippen LogP contribution in [0.4, 0.5) is 0 Å². The van der Waals surface area contributed by atoms with Gasteiger partial charge in [-0.3, -0.25) is 9.89 Å². The van der Waals surface area contributed by atoms with Gasteiger partial charge in [0.2, 0.25) is 5.91 Å². The fourth-order valence-electron chi connectivity index (χ4n) is 3.74. The maximum atomic E-state index is 12.7. The maximum Gasteiger partial charge on any atom is 0.252 e. The number of aryl methyl sites for hydroxylation is 3. The van der Waals surface area contributed by atoms with E-state index in [0.717, 1.165) is 43.0 Å². The Bertz CT molecular complexity index is 950. The number of likely N-dealkylation sites (tertiary alicyclic amines) is 1. The standard InChI is InChI=1S/C18H23N7O/c1-11-8-12(2)25-18(20-11)21-16(23-25)9-17(26)24-6-4-14(5-7-24)15-10-19-22-13(15)3/h8,10,14H,4-7,9H2,1-3H3,(H,19,22). The Kier molecular flexibility index (Phi) is 4.18. The Hall–Kier alpha value is -2.77. The second-order valence-electron chi connectivity index (χ2n) is 7.06. The number of aromatic amines is 1. The van der Waals surface area contributed by atoms with E-state index in [1.165, 1.54) is 5.56 Å². The molecule has 4 rings (SSSR count). The lowest BCUT2D eigenvalue weighted by atomic mass is 9.90. The molecule has 0 spiro atoms. The first-order valence-electron chi connectivity index (χ1n) is 8.99. The molecule has 0 aliphatic carbocycles. The van der Waals surface area contributed by atoms with Crippen molar-refractivity contribution >= 4 is 11.7 Å². The summed E-state index contributed by atoms with van der Waals surface area (Å²) in [4.78, 5) is 23.4. The van der Waals surface area contributed by atoms with E-state index in [-0.39, 0.29) is 12.3 Å². The van der Waals surface area contributed by atoms with E-state index in [0.29, 0.717) is 17.5 Å². The quantitative estimate of drug-likeness (QED) is 0.774. The van der Waals surface area contributed by atoms with Crippen LogP contribution in [0.2, 0.25) is 0 Å². The Morgan fingerprint density at radius 2 is 2.00 bits per heavy atom. The van der Waals surface area contributed by atoms with Gasteiger partial charge < -0.3 is 4.90 Å². The molecule has 0 atom stereocenters. The van der Waals surface area contributed by atoms with Crippen LogP contribution in [-0.2, 0) is 11.2 Å². The molecule has 0 unspecified atom stereocenters. The zero-order valence-corrected chi connectivity index (χ0v) is 15.4. The van der Waals surface area contributed by atoms with Crippen molar-refractivity contribution in [2.24, 2.45) is 0 Å². The highest BCUT2D eigenvalue weighted by atomic mass is 16.2. The summed E-state index contributed by atoms with van der Waals surface area (Å²) in [7, 11) is 0. The number of hydrogen-bond acceptors (Lipinski definition) is 5. The lowest BCUT2D eigenvalue weighted by Crippen LogP contribution is -2.39. The lowest BCUT2D eigenvalue weighted by Gasteiger charge is -2.31. The van der Waals surface area contributed by atoms with Gasteiger partial charge in [0, 0.05) is 30.2 Å². The van der Waals surface area contributed by atoms with Gasteiger partial charge in [-0.05, 0) is 51.2 Å². The summed E-state index contributed by atoms with van der Waals surface area (Å²) in [5.41, 5.74) is 4.27. The number of nitrogens with one attached hydrogen (secondary N) is 1. The zero-order valence-electron chi connectivity index (χ0n) is 15.4. The third kappa shape index (κ3) is 3.07. The Labute approximate surface area is 151 Å². The summed E-state index contributed by atoms with van der Waals surface area (Å²) in [6, 6.07) is 1.95. The first kappa shape index (κ1) is 16.7. The van der Waals surface area contributed by atoms with Gasteiger partial charge in [0.25, 0.3) is 5.78 Å². The average molecular weight is 353 g/mol. The van der Waals surface area contributed by atoms with Crippen LogP contribution in [-0.4, -0.2) is 53.7 Å². The molecule has 4 heterocycles. The molecule has 0 radical (unpaired) electrons. The third-order valence-corrected chi connectivity index (χ3v) is 5.13. The molecule has 1 aliphatic rings. The van der Waals surface area contributed by atoms with Crippen molar-refractivity contribution in [1.29, 1.82) is 0 Å². The lowest BCUT2D eigenvalue weighted by molar-refractivity contribution is -0.131. The molecule has 8 nitrogen and oxygen atoms in total. The van der Waals surface area contributed by atoms with E-state index in [9.17, 15) is 4.79 Å². The van der Waals surface area contributed by atoms with Crippen LogP contribution in [0.15, 0.2) is 12.3 Å². The van der Waals surface area contributed by atoms with Crippen molar-refractivity contribution < 1.29 is 4.79 Å². The van der Waals surface area contributed by atoms with Gasteiger partial charge in [0.1, 0.15) is 0 Å². The number of carbonyl (C=O) groups excluding carboxylic acids is 1. The summed E-state index contributed by atoms with van der Waals surface area (Å²) >= 11 is 0. The van der Waals surface area contributed by atoms with Gasteiger partial charge >= 0.3 is 0 Å². The monoisotopic (exact) mass is 353 g/mol. The van der Waals surface area contributed by atoms with Crippen molar-refractivity contribution in [3.8, 4) is 0 Å². The number of carbonyl (C=O) groups is 1. The Morgan fingerprint density at radius 3 is 2.69 bits per heavy atom. The predicted molar refractivity (Wildman–Crippen MR) is 95.8 cm³/mol. The smallest absolute Gasteiger partial charge is 0.252 e. The van der Waals surface area contributed by atoms with Gasteiger partial charge in [-0.25, -0.2) is 9.50 Å². The largest absolute Gasteiger partial charge is 0.342 e. The van der Waals surface area contributed by atoms with Crippen molar-refractivity contribution in [2.45, 2.75) is 46.0 Å². The minimum Gasteiger partial charge on any atom is -0.342 e. The molecule has 0 bridgehead atoms. The van der Waals surface area contributed by atoms with Gasteiger partial charge in [-0.15, -0.1) is 5.10 Å². The molecular weight excluding hydrogens is 330 g/mol. The van der Waals surface area contributed by atoms with E-state index in [1.54, 1.807) is 4.52 Å². The van der Waals surface area contributed by atoms with Crippen LogP contribution in [0.3, 0.4) is 0 Å². The summed E-state index contributed by atoms with van der Waals surface area (Å²) in [5, 5.41) is 11.5. The Morgan fingerprint density at radius 1 is 1.23 bits per heavy atom. The number of rotatable bonds is 3. The fourth-order valence-corrected chi connectivity index (χ4v) is 3.74. The van der Waals surface area contributed by atoms with E-state index in [4.69, 9.17) is 0 Å². The van der Waals surface area contributed by atoms with E-state index >= 15 is 0 Å². The minimum absolute atomic E-state index is 0.0812. The number of nitrogens with zero attached hydrogens (tertiary/aromatic N) is 6. The van der Waals surface area contributed by atoms with Crippen molar-refractivity contribution in [1.82, 2.24) is 34.7 Å². The number of hydrogen-bond donors (Lipinski definition) is 1. The molecule has 136 valence electrons. The van der Waals surface area contributed by atoms with E-state index in [1.807, 2.05) is 37.9 Å². The SMILES string of the molecule is Cc1cc(C)n2nc(CC(=O)N3CCC(c4cn[nH]c4C)CC3)nc2n1. The maximum absolute atomic E-state index is 12.7. The number of piperidine rings is 1. The van der Waals surface area contributed by atoms with Crippen molar-refractivity contribution in [2.75, 3.05) is 13.1 Å². The highest BCUT2D eigenvalue weighted by Crippen LogP contribution is 2.29. The van der Waals surface area contributed by atoms with Crippen LogP contribution in [0.1, 0.15) is 47.2 Å². The van der Waals surface area contributed by atoms with Crippen LogP contribution >= 0.6 is 0 Å². The molecule has 1 amide bonds. The van der Waals surface area contributed by atoms with Crippen LogP contribution < -0.4 is 0 Å². The summed E-state index contributed by atoms with van der Waals surface area (Å²) in [5.74, 6) is 1.64. The molecule has 8 heteroatoms. The summed E-state index contributed by atoms with van der Waals surface area (Å²) in [6.45, 7) is 7.46. The molecule has 1 aliphatic heterocycles. The molecule has 0 saturated carbocycles. The van der Waals surface area contributed by atoms with Crippen molar-refractivity contribution in [3.05, 3.63) is 40.7 Å². The molecule has 1 N–H and O–H groups in total. The number of amides is 1. The van der Waals surface area contributed by atoms with Crippen LogP contribution in [0.5, 0.6) is 0 Å². The number of H-pyrrole nitrogens is 1. The van der Waals surface area contributed by atoms with Crippen LogP contribution in [0, 0.1) is 20.8 Å².